The molecule has 0 aliphatic heterocycles. The zero-order chi connectivity index (χ0) is 7.98. The van der Waals surface area contributed by atoms with Crippen molar-refractivity contribution in [2.24, 2.45) is 0 Å². The number of hydrogen-bond acceptors (Lipinski definition) is 2. The number of allylic oxidation sites excluding steroid dienone is 4. The lowest BCUT2D eigenvalue weighted by atomic mass is 10.2. The van der Waals surface area contributed by atoms with Crippen molar-refractivity contribution in [1.29, 1.82) is 0 Å². The molecule has 0 spiro atoms. The summed E-state index contributed by atoms with van der Waals surface area (Å²) in [4.78, 5) is 20.0. The molecule has 0 radical (unpaired) electrons. The normalized spacial score (nSPS) is 13.0. The van der Waals surface area contributed by atoms with Gasteiger partial charge in [0.25, 0.3) is 0 Å². The molecule has 0 aliphatic carbocycles. The quantitative estimate of drug-likeness (QED) is 0.334. The van der Waals surface area contributed by atoms with Crippen LogP contribution in [0.5, 0.6) is 0 Å². The number of carbonyl (C=O) groups excluding carboxylic acids is 2. The van der Waals surface area contributed by atoms with E-state index in [0.717, 1.165) is 12.6 Å². The van der Waals surface area contributed by atoms with Crippen LogP contribution in [0.2, 0.25) is 0 Å². The summed E-state index contributed by atoms with van der Waals surface area (Å²) in [5.41, 5.74) is 1.22. The minimum Gasteiger partial charge on any atom is -0.298 e. The van der Waals surface area contributed by atoms with Gasteiger partial charge >= 0.3 is 0 Å². The van der Waals surface area contributed by atoms with E-state index in [9.17, 15) is 9.59 Å². The molecular weight excluding hydrogens is 128 g/mol. The molecule has 10 heavy (non-hydrogen) atoms. The Kier molecular flexibility index (Phi) is 4.12. The summed E-state index contributed by atoms with van der Waals surface area (Å²) in [5, 5.41) is 0. The number of hydrogen-bond donors (Lipinski definition) is 0. The third-order valence-corrected chi connectivity index (χ3v) is 0.981. The van der Waals surface area contributed by atoms with Crippen molar-refractivity contribution in [2.75, 3.05) is 0 Å². The van der Waals surface area contributed by atoms with Crippen molar-refractivity contribution in [3.8, 4) is 0 Å². The first-order chi connectivity index (χ1) is 4.70. The van der Waals surface area contributed by atoms with Crippen LogP contribution in [0.3, 0.4) is 0 Å². The second-order valence-electron chi connectivity index (χ2n) is 2.06. The molecule has 0 aliphatic rings. The Labute approximate surface area is 60.2 Å². The molecule has 0 saturated heterocycles. The molecule has 0 atom stereocenters. The summed E-state index contributed by atoms with van der Waals surface area (Å²) in [5.74, 6) is 0. The highest BCUT2D eigenvalue weighted by atomic mass is 16.1. The van der Waals surface area contributed by atoms with Crippen molar-refractivity contribution < 1.29 is 9.59 Å². The largest absolute Gasteiger partial charge is 0.298 e. The summed E-state index contributed by atoms with van der Waals surface area (Å²) in [7, 11) is 0. The molecule has 2 heteroatoms. The topological polar surface area (TPSA) is 34.1 Å². The van der Waals surface area contributed by atoms with Gasteiger partial charge < -0.3 is 0 Å². The van der Waals surface area contributed by atoms with Gasteiger partial charge in [-0.1, -0.05) is 12.2 Å². The van der Waals surface area contributed by atoms with E-state index in [1.807, 2.05) is 0 Å². The predicted molar refractivity (Wildman–Crippen MR) is 39.6 cm³/mol. The Bertz CT molecular complexity index is 165. The molecule has 0 aromatic heterocycles. The van der Waals surface area contributed by atoms with Gasteiger partial charge in [-0.2, -0.15) is 0 Å². The summed E-state index contributed by atoms with van der Waals surface area (Å²) in [6, 6.07) is 0. The molecule has 0 aromatic carbocycles. The molecule has 0 amide bonds. The lowest BCUT2D eigenvalue weighted by molar-refractivity contribution is -0.105. The SMILES string of the molecule is C/C(C=O)=C/C=C(/C)C=O. The fourth-order valence-corrected chi connectivity index (χ4v) is 0.341. The lowest BCUT2D eigenvalue weighted by Gasteiger charge is -1.83. The minimum absolute atomic E-state index is 0.612. The van der Waals surface area contributed by atoms with Crippen molar-refractivity contribution >= 4 is 12.6 Å². The van der Waals surface area contributed by atoms with Crippen LogP contribution in [0.4, 0.5) is 0 Å². The highest BCUT2D eigenvalue weighted by molar-refractivity contribution is 5.75. The van der Waals surface area contributed by atoms with E-state index < -0.39 is 0 Å². The van der Waals surface area contributed by atoms with Gasteiger partial charge in [0.05, 0.1) is 0 Å². The summed E-state index contributed by atoms with van der Waals surface area (Å²) < 4.78 is 0. The zero-order valence-electron chi connectivity index (χ0n) is 6.13. The molecule has 0 N–H and O–H groups in total. The van der Waals surface area contributed by atoms with Crippen molar-refractivity contribution in [3.63, 3.8) is 0 Å². The maximum atomic E-state index is 10.0. The van der Waals surface area contributed by atoms with Crippen molar-refractivity contribution in [3.05, 3.63) is 23.3 Å². The van der Waals surface area contributed by atoms with E-state index in [-0.39, 0.29) is 0 Å². The molecule has 0 bridgehead atoms. The molecule has 2 nitrogen and oxygen atoms in total. The third kappa shape index (κ3) is 3.78. The van der Waals surface area contributed by atoms with E-state index >= 15 is 0 Å². The van der Waals surface area contributed by atoms with E-state index in [2.05, 4.69) is 0 Å². The zero-order valence-corrected chi connectivity index (χ0v) is 6.13. The second kappa shape index (κ2) is 4.68. The van der Waals surface area contributed by atoms with Crippen molar-refractivity contribution in [1.82, 2.24) is 0 Å². The van der Waals surface area contributed by atoms with Crippen LogP contribution in [0.25, 0.3) is 0 Å². The Morgan fingerprint density at radius 3 is 1.40 bits per heavy atom. The van der Waals surface area contributed by atoms with Gasteiger partial charge in [-0.05, 0) is 25.0 Å². The fraction of sp³-hybridized carbons (Fsp3) is 0.250. The second-order valence-corrected chi connectivity index (χ2v) is 2.06. The highest BCUT2D eigenvalue weighted by Crippen LogP contribution is 1.91. The molecule has 0 rings (SSSR count). The van der Waals surface area contributed by atoms with Gasteiger partial charge in [0.15, 0.2) is 0 Å². The number of aldehydes is 2. The van der Waals surface area contributed by atoms with E-state index in [4.69, 9.17) is 0 Å². The first-order valence-corrected chi connectivity index (χ1v) is 2.96. The molecule has 0 unspecified atom stereocenters. The average Bonchev–Trinajstić information content (AvgIpc) is 1.99. The molecule has 0 aromatic rings. The van der Waals surface area contributed by atoms with Gasteiger partial charge in [-0.15, -0.1) is 0 Å². The summed E-state index contributed by atoms with van der Waals surface area (Å²) in [6.45, 7) is 3.36. The Morgan fingerprint density at radius 1 is 0.900 bits per heavy atom. The smallest absolute Gasteiger partial charge is 0.145 e. The van der Waals surface area contributed by atoms with Crippen LogP contribution in [0.15, 0.2) is 23.3 Å². The number of carbonyl (C=O) groups is 2. The van der Waals surface area contributed by atoms with Crippen LogP contribution in [-0.4, -0.2) is 12.6 Å². The maximum absolute atomic E-state index is 10.0. The highest BCUT2D eigenvalue weighted by Gasteiger charge is 1.81. The van der Waals surface area contributed by atoms with Crippen LogP contribution in [-0.2, 0) is 9.59 Å². The van der Waals surface area contributed by atoms with E-state index in [1.54, 1.807) is 26.0 Å². The predicted octanol–water partition coefficient (Wildman–Crippen LogP) is 1.28. The third-order valence-electron chi connectivity index (χ3n) is 0.981. The first kappa shape index (κ1) is 8.82. The first-order valence-electron chi connectivity index (χ1n) is 2.96. The monoisotopic (exact) mass is 138 g/mol. The summed E-state index contributed by atoms with van der Waals surface area (Å²) >= 11 is 0. The van der Waals surface area contributed by atoms with Gasteiger partial charge in [-0.3, -0.25) is 9.59 Å². The van der Waals surface area contributed by atoms with Gasteiger partial charge in [-0.25, -0.2) is 0 Å². The van der Waals surface area contributed by atoms with Gasteiger partial charge in [0.2, 0.25) is 0 Å². The molecule has 54 valence electrons. The Hall–Kier alpha value is -1.18. The summed E-state index contributed by atoms with van der Waals surface area (Å²) in [6.07, 6.45) is 4.70. The average molecular weight is 138 g/mol. The number of rotatable bonds is 3. The van der Waals surface area contributed by atoms with Gasteiger partial charge in [0, 0.05) is 0 Å². The van der Waals surface area contributed by atoms with E-state index in [0.29, 0.717) is 11.1 Å². The molecular formula is C8H10O2. The molecule has 0 fully saturated rings. The van der Waals surface area contributed by atoms with Gasteiger partial charge in [0.1, 0.15) is 12.6 Å². The standard InChI is InChI=1S/C8H10O2/c1-7(5-9)3-4-8(2)6-10/h3-6H,1-2H3/b7-3-,8-4-. The van der Waals surface area contributed by atoms with Crippen LogP contribution in [0.1, 0.15) is 13.8 Å². The fourth-order valence-electron chi connectivity index (χ4n) is 0.341. The van der Waals surface area contributed by atoms with E-state index in [1.165, 1.54) is 0 Å². The van der Waals surface area contributed by atoms with Crippen LogP contribution in [0, 0.1) is 0 Å². The molecule has 0 saturated carbocycles. The minimum atomic E-state index is 0.612. The molecule has 0 heterocycles. The maximum Gasteiger partial charge on any atom is 0.145 e. The lowest BCUT2D eigenvalue weighted by Crippen LogP contribution is -1.76. The Morgan fingerprint density at radius 2 is 1.20 bits per heavy atom. The Balaban J connectivity index is 4.16. The van der Waals surface area contributed by atoms with Crippen molar-refractivity contribution in [2.45, 2.75) is 13.8 Å². The van der Waals surface area contributed by atoms with Crippen LogP contribution >= 0.6 is 0 Å². The van der Waals surface area contributed by atoms with Crippen LogP contribution < -0.4 is 0 Å².